The maximum atomic E-state index is 4.50. The van der Waals surface area contributed by atoms with E-state index in [9.17, 15) is 0 Å². The van der Waals surface area contributed by atoms with Crippen molar-refractivity contribution in [2.45, 2.75) is 35.6 Å². The zero-order chi connectivity index (χ0) is 25.6. The molecule has 38 heavy (non-hydrogen) atoms. The van der Waals surface area contributed by atoms with Gasteiger partial charge in [-0.1, -0.05) is 77.5 Å². The zero-order valence-electron chi connectivity index (χ0n) is 21.3. The van der Waals surface area contributed by atoms with E-state index >= 15 is 0 Å². The summed E-state index contributed by atoms with van der Waals surface area (Å²) in [5, 5.41) is 8.32. The number of aryl methyl sites for hydroxylation is 1. The number of nitrogens with zero attached hydrogens (tertiary/aromatic N) is 1. The van der Waals surface area contributed by atoms with Crippen LogP contribution in [0.25, 0.3) is 28.7 Å². The second-order valence-electron chi connectivity index (χ2n) is 9.88. The number of nitrogens with one attached hydrogen (secondary N) is 1. The first-order valence-electron chi connectivity index (χ1n) is 13.0. The number of fused-ring (bicyclic) bond motifs is 4. The molecule has 3 aliphatic rings. The second-order valence-corrected chi connectivity index (χ2v) is 12.1. The summed E-state index contributed by atoms with van der Waals surface area (Å²) in [6.45, 7) is 2.21. The van der Waals surface area contributed by atoms with E-state index in [4.69, 9.17) is 0 Å². The lowest BCUT2D eigenvalue weighted by Crippen LogP contribution is -2.23. The minimum Gasteiger partial charge on any atom is -0.363 e. The van der Waals surface area contributed by atoms with E-state index in [0.717, 1.165) is 28.8 Å². The molecule has 4 aromatic rings. The summed E-state index contributed by atoms with van der Waals surface area (Å²) in [5.74, 6) is 0.977. The molecule has 2 aliphatic carbocycles. The van der Waals surface area contributed by atoms with Crippen LogP contribution in [0.1, 0.15) is 41.6 Å². The van der Waals surface area contributed by atoms with Crippen LogP contribution in [0.15, 0.2) is 103 Å². The van der Waals surface area contributed by atoms with Gasteiger partial charge in [0.05, 0.1) is 10.9 Å². The van der Waals surface area contributed by atoms with Crippen LogP contribution in [0.5, 0.6) is 0 Å². The predicted octanol–water partition coefficient (Wildman–Crippen LogP) is 6.96. The van der Waals surface area contributed by atoms with Gasteiger partial charge in [0.2, 0.25) is 0 Å². The maximum absolute atomic E-state index is 4.50. The van der Waals surface area contributed by atoms with Gasteiger partial charge in [0.25, 0.3) is 0 Å². The molecule has 0 radical (unpaired) electrons. The lowest BCUT2D eigenvalue weighted by atomic mass is 9.98. The highest BCUT2D eigenvalue weighted by Crippen LogP contribution is 2.44. The van der Waals surface area contributed by atoms with Crippen LogP contribution in [0.3, 0.4) is 0 Å². The smallest absolute Gasteiger partial charge is 0.128 e. The predicted molar refractivity (Wildman–Crippen MR) is 163 cm³/mol. The summed E-state index contributed by atoms with van der Waals surface area (Å²) in [4.78, 5) is 9.53. The molecular weight excluding hydrogens is 501 g/mol. The molecule has 0 fully saturated rings. The molecule has 0 aromatic heterocycles. The molecule has 1 atom stereocenters. The van der Waals surface area contributed by atoms with Crippen LogP contribution in [-0.4, -0.2) is 12.9 Å². The van der Waals surface area contributed by atoms with Gasteiger partial charge in [-0.15, -0.1) is 0 Å². The Kier molecular flexibility index (Phi) is 5.92. The minimum atomic E-state index is 0.263. The van der Waals surface area contributed by atoms with Crippen LogP contribution in [0.4, 0.5) is 0 Å². The quantitative estimate of drug-likeness (QED) is 0.291. The Morgan fingerprint density at radius 3 is 2.53 bits per heavy atom. The average Bonchev–Trinajstić information content (AvgIpc) is 3.26. The van der Waals surface area contributed by atoms with E-state index in [1.807, 2.05) is 18.8 Å². The Labute approximate surface area is 231 Å². The molecule has 7 rings (SSSR count). The molecule has 0 saturated heterocycles. The van der Waals surface area contributed by atoms with Crippen molar-refractivity contribution in [3.63, 3.8) is 0 Å². The monoisotopic (exact) mass is 526 g/mol. The van der Waals surface area contributed by atoms with E-state index in [1.165, 1.54) is 52.9 Å². The van der Waals surface area contributed by atoms with Gasteiger partial charge < -0.3 is 5.32 Å². The molecule has 0 saturated carbocycles. The Morgan fingerprint density at radius 1 is 0.842 bits per heavy atom. The lowest BCUT2D eigenvalue weighted by molar-refractivity contribution is 0.747. The number of hydrogen-bond donors (Lipinski definition) is 1. The molecule has 1 unspecified atom stereocenters. The molecule has 184 valence electrons. The number of hydrogen-bond acceptors (Lipinski definition) is 3. The van der Waals surface area contributed by atoms with Crippen LogP contribution in [-0.2, 0) is 6.42 Å². The van der Waals surface area contributed by atoms with Gasteiger partial charge in [0, 0.05) is 27.6 Å². The van der Waals surface area contributed by atoms with E-state index < -0.39 is 0 Å². The van der Waals surface area contributed by atoms with Crippen molar-refractivity contribution in [1.82, 2.24) is 5.32 Å². The van der Waals surface area contributed by atoms with Crippen LogP contribution in [0.2, 0.25) is 0 Å². The average molecular weight is 527 g/mol. The molecule has 0 spiro atoms. The maximum Gasteiger partial charge on any atom is 0.128 e. The number of allylic oxidation sites excluding steroid dienone is 2. The summed E-state index contributed by atoms with van der Waals surface area (Å²) < 4.78 is 0. The Bertz CT molecular complexity index is 1900. The van der Waals surface area contributed by atoms with E-state index in [1.54, 1.807) is 11.8 Å². The number of benzene rings is 4. The van der Waals surface area contributed by atoms with E-state index in [2.05, 4.69) is 114 Å². The van der Waals surface area contributed by atoms with Crippen LogP contribution < -0.4 is 15.8 Å². The Balaban J connectivity index is 1.35. The summed E-state index contributed by atoms with van der Waals surface area (Å²) in [5.41, 5.74) is 12.1. The third-order valence-corrected chi connectivity index (χ3v) is 9.68. The highest BCUT2D eigenvalue weighted by Gasteiger charge is 2.24. The van der Waals surface area contributed by atoms with E-state index in [0.29, 0.717) is 0 Å². The van der Waals surface area contributed by atoms with Crippen molar-refractivity contribution in [3.05, 3.63) is 121 Å². The largest absolute Gasteiger partial charge is 0.363 e. The fourth-order valence-electron chi connectivity index (χ4n) is 5.44. The highest BCUT2D eigenvalue weighted by atomic mass is 32.2. The standard InChI is InChI=1S/C34H26N2S2/c1-21-30-17-26-19-32(37-28-13-11-22-7-3-5-9-24(22)15-28)33(20-27(26)18-31(30)34(35-2)36-21)38-29-14-12-23-8-4-6-10-25(23)16-29/h3-10,15-21H,11,13H2,1-2H3,(H,35,36). The molecule has 4 aromatic carbocycles. The molecular formula is C34H26N2S2. The molecule has 2 nitrogen and oxygen atoms in total. The number of rotatable bonds is 4. The third-order valence-electron chi connectivity index (χ3n) is 7.41. The number of thioether (sulfide) groups is 2. The first kappa shape index (κ1) is 23.5. The molecule has 0 amide bonds. The fourth-order valence-corrected chi connectivity index (χ4v) is 7.58. The zero-order valence-corrected chi connectivity index (χ0v) is 23.0. The van der Waals surface area contributed by atoms with Crippen LogP contribution in [0, 0.1) is 0 Å². The van der Waals surface area contributed by atoms with Crippen molar-refractivity contribution in [2.75, 3.05) is 7.05 Å². The third kappa shape index (κ3) is 4.26. The van der Waals surface area contributed by atoms with Crippen LogP contribution >= 0.6 is 23.5 Å². The molecule has 0 bridgehead atoms. The summed E-state index contributed by atoms with van der Waals surface area (Å²) in [7, 11) is 1.86. The molecule has 1 N–H and O–H groups in total. The van der Waals surface area contributed by atoms with E-state index in [-0.39, 0.29) is 6.04 Å². The van der Waals surface area contributed by atoms with Crippen molar-refractivity contribution in [1.29, 1.82) is 0 Å². The summed E-state index contributed by atoms with van der Waals surface area (Å²) >= 11 is 3.69. The van der Waals surface area contributed by atoms with Gasteiger partial charge in [-0.25, -0.2) is 0 Å². The van der Waals surface area contributed by atoms with Gasteiger partial charge in [-0.05, 0) is 99.8 Å². The molecule has 4 heteroatoms. The van der Waals surface area contributed by atoms with Crippen molar-refractivity contribution in [2.24, 2.45) is 4.99 Å². The Morgan fingerprint density at radius 2 is 1.63 bits per heavy atom. The first-order valence-corrected chi connectivity index (χ1v) is 14.6. The van der Waals surface area contributed by atoms with Gasteiger partial charge in [-0.2, -0.15) is 0 Å². The summed E-state index contributed by atoms with van der Waals surface area (Å²) in [6.07, 6.45) is 6.76. The number of aliphatic imine (C=N–C) groups is 1. The SMILES string of the molecule is CN=C1NC(C)c2cc3cc(SC4=Cc5ccccc5CC4)c(SC4=C=C=c5ccccc5=C4)cc3cc21. The lowest BCUT2D eigenvalue weighted by Gasteiger charge is -2.18. The summed E-state index contributed by atoms with van der Waals surface area (Å²) in [6, 6.07) is 26.8. The van der Waals surface area contributed by atoms with Gasteiger partial charge in [-0.3, -0.25) is 4.99 Å². The minimum absolute atomic E-state index is 0.263. The molecule has 1 aliphatic heterocycles. The van der Waals surface area contributed by atoms with Crippen molar-refractivity contribution >= 4 is 58.0 Å². The second kappa shape index (κ2) is 9.58. The topological polar surface area (TPSA) is 24.4 Å². The fraction of sp³-hybridized carbons (Fsp3) is 0.147. The first-order chi connectivity index (χ1) is 18.6. The van der Waals surface area contributed by atoms with Gasteiger partial charge in [0.1, 0.15) is 5.84 Å². The normalized spacial score (nSPS) is 18.1. The Hall–Kier alpha value is -3.65. The van der Waals surface area contributed by atoms with Crippen molar-refractivity contribution in [3.8, 4) is 0 Å². The number of amidine groups is 1. The van der Waals surface area contributed by atoms with Gasteiger partial charge in [0.15, 0.2) is 0 Å². The van der Waals surface area contributed by atoms with Gasteiger partial charge >= 0.3 is 0 Å². The highest BCUT2D eigenvalue weighted by molar-refractivity contribution is 8.06. The van der Waals surface area contributed by atoms with Crippen molar-refractivity contribution < 1.29 is 0 Å². The molecule has 1 heterocycles.